The molecular weight excluding hydrogens is 284 g/mol. The van der Waals surface area contributed by atoms with Crippen LogP contribution in [-0.2, 0) is 30.5 Å². The van der Waals surface area contributed by atoms with Gasteiger partial charge in [-0.15, -0.1) is 0 Å². The molecule has 120 valence electrons. The highest BCUT2D eigenvalue weighted by atomic mass is 16.4. The Morgan fingerprint density at radius 1 is 1.09 bits per heavy atom. The van der Waals surface area contributed by atoms with Gasteiger partial charge in [0.1, 0.15) is 0 Å². The van der Waals surface area contributed by atoms with Gasteiger partial charge in [0.25, 0.3) is 0 Å². The Bertz CT molecular complexity index is 678. The van der Waals surface area contributed by atoms with E-state index in [0.29, 0.717) is 6.42 Å². The molecule has 23 heavy (non-hydrogen) atoms. The summed E-state index contributed by atoms with van der Waals surface area (Å²) in [4.78, 5) is 10.7. The maximum absolute atomic E-state index is 10.7. The summed E-state index contributed by atoms with van der Waals surface area (Å²) < 4.78 is 0. The minimum atomic E-state index is -0.728. The van der Waals surface area contributed by atoms with Crippen LogP contribution in [0, 0.1) is 12.8 Å². The summed E-state index contributed by atoms with van der Waals surface area (Å²) >= 11 is 0. The Morgan fingerprint density at radius 3 is 2.39 bits per heavy atom. The molecule has 0 fully saturated rings. The van der Waals surface area contributed by atoms with Gasteiger partial charge in [-0.25, -0.2) is 0 Å². The Morgan fingerprint density at radius 2 is 1.78 bits per heavy atom. The quantitative estimate of drug-likeness (QED) is 0.861. The predicted octanol–water partition coefficient (Wildman–Crippen LogP) is 4.36. The summed E-state index contributed by atoms with van der Waals surface area (Å²) in [5.41, 5.74) is 6.80. The molecule has 0 atom stereocenters. The Labute approximate surface area is 138 Å². The second-order valence-corrected chi connectivity index (χ2v) is 6.74. The number of benzene rings is 2. The molecule has 0 bridgehead atoms. The minimum absolute atomic E-state index is 0.209. The van der Waals surface area contributed by atoms with Gasteiger partial charge in [-0.1, -0.05) is 42.5 Å². The van der Waals surface area contributed by atoms with Crippen molar-refractivity contribution in [2.75, 3.05) is 0 Å². The van der Waals surface area contributed by atoms with Crippen LogP contribution in [0.3, 0.4) is 0 Å². The van der Waals surface area contributed by atoms with Crippen molar-refractivity contribution in [2.45, 2.75) is 45.4 Å². The van der Waals surface area contributed by atoms with E-state index >= 15 is 0 Å². The summed E-state index contributed by atoms with van der Waals surface area (Å²) in [7, 11) is 0. The maximum atomic E-state index is 10.7. The lowest BCUT2D eigenvalue weighted by atomic mass is 9.94. The number of carbonyl (C=O) groups is 1. The Hall–Kier alpha value is -2.09. The van der Waals surface area contributed by atoms with Crippen LogP contribution in [0.4, 0.5) is 0 Å². The van der Waals surface area contributed by atoms with E-state index in [4.69, 9.17) is 5.11 Å². The molecule has 3 rings (SSSR count). The smallest absolute Gasteiger partial charge is 0.303 e. The lowest BCUT2D eigenvalue weighted by molar-refractivity contribution is -0.136. The molecule has 0 saturated heterocycles. The highest BCUT2D eigenvalue weighted by molar-refractivity contribution is 5.67. The fourth-order valence-corrected chi connectivity index (χ4v) is 3.66. The number of carboxylic acids is 1. The van der Waals surface area contributed by atoms with Crippen molar-refractivity contribution in [3.05, 3.63) is 70.3 Å². The van der Waals surface area contributed by atoms with E-state index in [-0.39, 0.29) is 6.42 Å². The third-order valence-electron chi connectivity index (χ3n) is 4.99. The lowest BCUT2D eigenvalue weighted by Gasteiger charge is -2.11. The van der Waals surface area contributed by atoms with Gasteiger partial charge in [-0.3, -0.25) is 4.79 Å². The number of hydrogen-bond acceptors (Lipinski definition) is 1. The van der Waals surface area contributed by atoms with E-state index in [1.807, 2.05) is 0 Å². The number of aliphatic carboxylic acids is 1. The highest BCUT2D eigenvalue weighted by Crippen LogP contribution is 2.29. The minimum Gasteiger partial charge on any atom is -0.481 e. The molecule has 2 aromatic carbocycles. The van der Waals surface area contributed by atoms with Gasteiger partial charge in [0, 0.05) is 6.42 Å². The third-order valence-corrected chi connectivity index (χ3v) is 4.99. The van der Waals surface area contributed by atoms with E-state index < -0.39 is 5.97 Å². The summed E-state index contributed by atoms with van der Waals surface area (Å²) in [6.07, 6.45) is 5.60. The Kier molecular flexibility index (Phi) is 4.80. The number of fused-ring (bicyclic) bond motifs is 1. The summed E-state index contributed by atoms with van der Waals surface area (Å²) in [6, 6.07) is 15.3. The van der Waals surface area contributed by atoms with Crippen LogP contribution >= 0.6 is 0 Å². The van der Waals surface area contributed by atoms with Gasteiger partial charge in [0.2, 0.25) is 0 Å². The van der Waals surface area contributed by atoms with Crippen molar-refractivity contribution in [1.29, 1.82) is 0 Å². The van der Waals surface area contributed by atoms with E-state index in [2.05, 4.69) is 49.4 Å². The van der Waals surface area contributed by atoms with E-state index in [1.165, 1.54) is 41.5 Å². The van der Waals surface area contributed by atoms with Crippen LogP contribution in [0.2, 0.25) is 0 Å². The molecule has 1 N–H and O–H groups in total. The van der Waals surface area contributed by atoms with Crippen molar-refractivity contribution < 1.29 is 9.90 Å². The first-order valence-electron chi connectivity index (χ1n) is 8.49. The van der Waals surface area contributed by atoms with Gasteiger partial charge in [0.05, 0.1) is 0 Å². The van der Waals surface area contributed by atoms with Gasteiger partial charge in [-0.05, 0) is 72.8 Å². The molecule has 0 saturated carbocycles. The summed E-state index contributed by atoms with van der Waals surface area (Å²) in [6.45, 7) is 2.09. The van der Waals surface area contributed by atoms with Gasteiger partial charge in [0.15, 0.2) is 0 Å². The van der Waals surface area contributed by atoms with Gasteiger partial charge in [-0.2, -0.15) is 0 Å². The fraction of sp³-hybridized carbons (Fsp3) is 0.381. The zero-order valence-corrected chi connectivity index (χ0v) is 13.7. The molecule has 0 spiro atoms. The highest BCUT2D eigenvalue weighted by Gasteiger charge is 2.20. The average molecular weight is 308 g/mol. The van der Waals surface area contributed by atoms with Crippen LogP contribution in [-0.4, -0.2) is 11.1 Å². The lowest BCUT2D eigenvalue weighted by Crippen LogP contribution is -2.03. The monoisotopic (exact) mass is 308 g/mol. The molecule has 0 heterocycles. The topological polar surface area (TPSA) is 37.3 Å². The standard InChI is InChI=1S/C21H24O2/c1-15-12-16(8-9-18(15)10-11-21(22)23)6-7-17-13-19-4-2-3-5-20(19)14-17/h2-5,8-9,12,17H,6-7,10-11,13-14H2,1H3,(H,22,23). The molecule has 0 aliphatic heterocycles. The number of rotatable bonds is 6. The van der Waals surface area contributed by atoms with Crippen LogP contribution in [0.5, 0.6) is 0 Å². The molecule has 2 heteroatoms. The van der Waals surface area contributed by atoms with Crippen LogP contribution < -0.4 is 0 Å². The fourth-order valence-electron chi connectivity index (χ4n) is 3.66. The molecule has 1 aliphatic rings. The molecule has 0 aromatic heterocycles. The van der Waals surface area contributed by atoms with Gasteiger partial charge >= 0.3 is 5.97 Å². The Balaban J connectivity index is 1.55. The molecule has 1 aliphatic carbocycles. The SMILES string of the molecule is Cc1cc(CCC2Cc3ccccc3C2)ccc1CCC(=O)O. The maximum Gasteiger partial charge on any atom is 0.303 e. The predicted molar refractivity (Wildman–Crippen MR) is 92.8 cm³/mol. The van der Waals surface area contributed by atoms with E-state index in [9.17, 15) is 4.79 Å². The zero-order valence-electron chi connectivity index (χ0n) is 13.7. The van der Waals surface area contributed by atoms with Crippen molar-refractivity contribution in [3.8, 4) is 0 Å². The van der Waals surface area contributed by atoms with Crippen molar-refractivity contribution >= 4 is 5.97 Å². The normalized spacial score (nSPS) is 14.0. The molecule has 0 radical (unpaired) electrons. The van der Waals surface area contributed by atoms with E-state index in [0.717, 1.165) is 17.9 Å². The second-order valence-electron chi connectivity index (χ2n) is 6.74. The van der Waals surface area contributed by atoms with Crippen LogP contribution in [0.25, 0.3) is 0 Å². The molecular formula is C21H24O2. The number of aryl methyl sites for hydroxylation is 3. The first-order valence-corrected chi connectivity index (χ1v) is 8.49. The molecule has 2 aromatic rings. The molecule has 2 nitrogen and oxygen atoms in total. The molecule has 0 amide bonds. The first-order chi connectivity index (χ1) is 11.1. The van der Waals surface area contributed by atoms with Crippen molar-refractivity contribution in [2.24, 2.45) is 5.92 Å². The number of carboxylic acid groups (broad SMARTS) is 1. The van der Waals surface area contributed by atoms with Crippen LogP contribution in [0.1, 0.15) is 40.7 Å². The number of hydrogen-bond donors (Lipinski definition) is 1. The zero-order chi connectivity index (χ0) is 16.2. The third kappa shape index (κ3) is 4.01. The van der Waals surface area contributed by atoms with E-state index in [1.54, 1.807) is 0 Å². The molecule has 0 unspecified atom stereocenters. The first kappa shape index (κ1) is 15.8. The van der Waals surface area contributed by atoms with Gasteiger partial charge < -0.3 is 5.11 Å². The van der Waals surface area contributed by atoms with Crippen molar-refractivity contribution in [1.82, 2.24) is 0 Å². The summed E-state index contributed by atoms with van der Waals surface area (Å²) in [5, 5.41) is 8.80. The largest absolute Gasteiger partial charge is 0.481 e. The average Bonchev–Trinajstić information content (AvgIpc) is 2.94. The summed E-state index contributed by atoms with van der Waals surface area (Å²) in [5.74, 6) is 0.0358. The van der Waals surface area contributed by atoms with Crippen molar-refractivity contribution in [3.63, 3.8) is 0 Å². The van der Waals surface area contributed by atoms with Crippen LogP contribution in [0.15, 0.2) is 42.5 Å². The second kappa shape index (κ2) is 6.99.